The lowest BCUT2D eigenvalue weighted by molar-refractivity contribution is 0.0309. The van der Waals surface area contributed by atoms with Gasteiger partial charge in [0.25, 0.3) is 0 Å². The third-order valence-corrected chi connectivity index (χ3v) is 2.86. The van der Waals surface area contributed by atoms with Crippen LogP contribution in [0.15, 0.2) is 24.3 Å². The molecule has 1 aromatic rings. The van der Waals surface area contributed by atoms with Gasteiger partial charge in [-0.2, -0.15) is 0 Å². The second-order valence-electron chi connectivity index (χ2n) is 3.87. The molecule has 0 aliphatic rings. The van der Waals surface area contributed by atoms with E-state index in [0.29, 0.717) is 13.0 Å². The van der Waals surface area contributed by atoms with E-state index in [0.717, 1.165) is 17.9 Å². The van der Waals surface area contributed by atoms with Gasteiger partial charge in [0.1, 0.15) is 11.4 Å². The van der Waals surface area contributed by atoms with Crippen LogP contribution in [0.1, 0.15) is 25.8 Å². The number of aliphatic hydroxyl groups is 1. The molecule has 0 spiro atoms. The van der Waals surface area contributed by atoms with E-state index in [-0.39, 0.29) is 0 Å². The highest BCUT2D eigenvalue weighted by molar-refractivity contribution is 5.38. The lowest BCUT2D eigenvalue weighted by atomic mass is 9.90. The normalized spacial score (nSPS) is 14.5. The predicted molar refractivity (Wildman–Crippen MR) is 65.7 cm³/mol. The fourth-order valence-electron chi connectivity index (χ4n) is 1.77. The number of methoxy groups -OCH3 is 1. The third kappa shape index (κ3) is 2.74. The molecule has 1 aromatic carbocycles. The van der Waals surface area contributed by atoms with Gasteiger partial charge in [0.05, 0.1) is 7.11 Å². The Kier molecular flexibility index (Phi) is 4.77. The van der Waals surface area contributed by atoms with Crippen LogP contribution in [0.3, 0.4) is 0 Å². The number of likely N-dealkylation sites (N-methyl/N-ethyl adjacent to an activating group) is 1. The number of para-hydroxylation sites is 1. The minimum absolute atomic E-state index is 0.542. The van der Waals surface area contributed by atoms with Crippen molar-refractivity contribution in [3.63, 3.8) is 0 Å². The van der Waals surface area contributed by atoms with Crippen LogP contribution in [0.4, 0.5) is 0 Å². The summed E-state index contributed by atoms with van der Waals surface area (Å²) < 4.78 is 5.29. The molecule has 2 N–H and O–H groups in total. The molecule has 1 rings (SSSR count). The summed E-state index contributed by atoms with van der Waals surface area (Å²) in [5, 5.41) is 13.8. The molecular weight excluding hydrogens is 202 g/mol. The Balaban J connectivity index is 3.01. The van der Waals surface area contributed by atoms with E-state index in [1.165, 1.54) is 0 Å². The molecule has 1 atom stereocenters. The summed E-state index contributed by atoms with van der Waals surface area (Å²) in [7, 11) is 1.63. The van der Waals surface area contributed by atoms with Crippen LogP contribution in [-0.2, 0) is 5.60 Å². The predicted octanol–water partition coefficient (Wildman–Crippen LogP) is 1.90. The molecule has 0 aliphatic heterocycles. The number of rotatable bonds is 6. The van der Waals surface area contributed by atoms with Crippen molar-refractivity contribution in [2.24, 2.45) is 0 Å². The SMILES string of the molecule is CCNCC(O)(CC)c1ccccc1OC. The van der Waals surface area contributed by atoms with Gasteiger partial charge in [-0.05, 0) is 19.0 Å². The smallest absolute Gasteiger partial charge is 0.124 e. The average Bonchev–Trinajstić information content (AvgIpc) is 2.36. The first-order valence-electron chi connectivity index (χ1n) is 5.74. The zero-order valence-electron chi connectivity index (χ0n) is 10.3. The Morgan fingerprint density at radius 1 is 1.31 bits per heavy atom. The van der Waals surface area contributed by atoms with Crippen LogP contribution in [0, 0.1) is 0 Å². The van der Waals surface area contributed by atoms with Crippen LogP contribution in [0.2, 0.25) is 0 Å². The zero-order chi connectivity index (χ0) is 12.0. The minimum atomic E-state index is -0.859. The topological polar surface area (TPSA) is 41.5 Å². The molecule has 0 radical (unpaired) electrons. The highest BCUT2D eigenvalue weighted by Gasteiger charge is 2.29. The van der Waals surface area contributed by atoms with E-state index in [2.05, 4.69) is 5.32 Å². The molecule has 90 valence electrons. The minimum Gasteiger partial charge on any atom is -0.496 e. The molecular formula is C13H21NO2. The summed E-state index contributed by atoms with van der Waals surface area (Å²) in [5.74, 6) is 0.741. The Hall–Kier alpha value is -1.06. The molecule has 0 aliphatic carbocycles. The van der Waals surface area contributed by atoms with Crippen molar-refractivity contribution in [2.45, 2.75) is 25.9 Å². The van der Waals surface area contributed by atoms with E-state index < -0.39 is 5.60 Å². The average molecular weight is 223 g/mol. The fraction of sp³-hybridized carbons (Fsp3) is 0.538. The van der Waals surface area contributed by atoms with Crippen molar-refractivity contribution < 1.29 is 9.84 Å². The van der Waals surface area contributed by atoms with Crippen LogP contribution in [-0.4, -0.2) is 25.3 Å². The van der Waals surface area contributed by atoms with Crippen molar-refractivity contribution >= 4 is 0 Å². The molecule has 16 heavy (non-hydrogen) atoms. The zero-order valence-corrected chi connectivity index (χ0v) is 10.3. The fourth-order valence-corrected chi connectivity index (χ4v) is 1.77. The second kappa shape index (κ2) is 5.87. The highest BCUT2D eigenvalue weighted by atomic mass is 16.5. The van der Waals surface area contributed by atoms with Gasteiger partial charge in [-0.3, -0.25) is 0 Å². The lowest BCUT2D eigenvalue weighted by Crippen LogP contribution is -2.37. The molecule has 0 fully saturated rings. The number of hydrogen-bond acceptors (Lipinski definition) is 3. The van der Waals surface area contributed by atoms with E-state index >= 15 is 0 Å². The molecule has 0 aromatic heterocycles. The van der Waals surface area contributed by atoms with Gasteiger partial charge in [-0.1, -0.05) is 32.0 Å². The maximum atomic E-state index is 10.6. The van der Waals surface area contributed by atoms with Crippen molar-refractivity contribution in [3.8, 4) is 5.75 Å². The summed E-state index contributed by atoms with van der Waals surface area (Å²) in [6.07, 6.45) is 0.653. The van der Waals surface area contributed by atoms with Crippen molar-refractivity contribution in [2.75, 3.05) is 20.2 Å². The Bertz CT molecular complexity index is 327. The maximum absolute atomic E-state index is 10.6. The van der Waals surface area contributed by atoms with Crippen LogP contribution < -0.4 is 10.1 Å². The summed E-state index contributed by atoms with van der Waals surface area (Å²) in [5.41, 5.74) is -0.0104. The summed E-state index contributed by atoms with van der Waals surface area (Å²) in [6.45, 7) is 5.39. The number of nitrogens with one attached hydrogen (secondary N) is 1. The molecule has 0 saturated heterocycles. The van der Waals surface area contributed by atoms with Gasteiger partial charge in [0.2, 0.25) is 0 Å². The number of ether oxygens (including phenoxy) is 1. The molecule has 0 bridgehead atoms. The summed E-state index contributed by atoms with van der Waals surface area (Å²) in [6, 6.07) is 7.62. The number of benzene rings is 1. The first-order chi connectivity index (χ1) is 7.68. The van der Waals surface area contributed by atoms with Crippen LogP contribution in [0.5, 0.6) is 5.75 Å². The van der Waals surface area contributed by atoms with E-state index in [4.69, 9.17) is 4.74 Å². The second-order valence-corrected chi connectivity index (χ2v) is 3.87. The highest BCUT2D eigenvalue weighted by Crippen LogP contribution is 2.31. The van der Waals surface area contributed by atoms with Crippen LogP contribution >= 0.6 is 0 Å². The largest absolute Gasteiger partial charge is 0.496 e. The molecule has 0 saturated carbocycles. The quantitative estimate of drug-likeness (QED) is 0.774. The van der Waals surface area contributed by atoms with E-state index in [1.54, 1.807) is 7.11 Å². The van der Waals surface area contributed by atoms with E-state index in [1.807, 2.05) is 38.1 Å². The molecule has 0 heterocycles. The first kappa shape index (κ1) is 13.0. The molecule has 3 nitrogen and oxygen atoms in total. The van der Waals surface area contributed by atoms with Crippen molar-refractivity contribution in [1.82, 2.24) is 5.32 Å². The van der Waals surface area contributed by atoms with Gasteiger partial charge >= 0.3 is 0 Å². The Labute approximate surface area is 97.4 Å². The van der Waals surface area contributed by atoms with Gasteiger partial charge in [0, 0.05) is 12.1 Å². The van der Waals surface area contributed by atoms with Crippen molar-refractivity contribution in [3.05, 3.63) is 29.8 Å². The Morgan fingerprint density at radius 2 is 2.00 bits per heavy atom. The summed E-state index contributed by atoms with van der Waals surface area (Å²) >= 11 is 0. The lowest BCUT2D eigenvalue weighted by Gasteiger charge is -2.29. The molecule has 1 unspecified atom stereocenters. The first-order valence-corrected chi connectivity index (χ1v) is 5.74. The Morgan fingerprint density at radius 3 is 2.56 bits per heavy atom. The summed E-state index contributed by atoms with van der Waals surface area (Å²) in [4.78, 5) is 0. The van der Waals surface area contributed by atoms with Gasteiger partial charge in [-0.15, -0.1) is 0 Å². The van der Waals surface area contributed by atoms with Gasteiger partial charge in [0.15, 0.2) is 0 Å². The molecule has 3 heteroatoms. The van der Waals surface area contributed by atoms with Crippen LogP contribution in [0.25, 0.3) is 0 Å². The van der Waals surface area contributed by atoms with Crippen molar-refractivity contribution in [1.29, 1.82) is 0 Å². The van der Waals surface area contributed by atoms with Gasteiger partial charge in [-0.25, -0.2) is 0 Å². The standard InChI is InChI=1S/C13H21NO2/c1-4-13(15,10-14-5-2)11-8-6-7-9-12(11)16-3/h6-9,14-15H,4-5,10H2,1-3H3. The monoisotopic (exact) mass is 223 g/mol. The molecule has 0 amide bonds. The maximum Gasteiger partial charge on any atom is 0.124 e. The number of hydrogen-bond donors (Lipinski definition) is 2. The van der Waals surface area contributed by atoms with Gasteiger partial charge < -0.3 is 15.2 Å². The third-order valence-electron chi connectivity index (χ3n) is 2.86. The van der Waals surface area contributed by atoms with E-state index in [9.17, 15) is 5.11 Å².